The van der Waals surface area contributed by atoms with Gasteiger partial charge in [0.25, 0.3) is 11.5 Å². The van der Waals surface area contributed by atoms with Crippen molar-refractivity contribution < 1.29 is 19.2 Å². The summed E-state index contributed by atoms with van der Waals surface area (Å²) in [5, 5.41) is 19.6. The van der Waals surface area contributed by atoms with Crippen molar-refractivity contribution in [2.75, 3.05) is 18.5 Å². The Labute approximate surface area is 271 Å². The molecule has 5 aromatic rings. The molecule has 0 unspecified atom stereocenters. The number of anilines is 1. The second kappa shape index (κ2) is 14.1. The van der Waals surface area contributed by atoms with E-state index in [9.17, 15) is 19.7 Å². The molecule has 4 aromatic carbocycles. The number of carbonyl (C=O) groups excluding carboxylic acids is 1. The van der Waals surface area contributed by atoms with Crippen LogP contribution in [0.1, 0.15) is 48.9 Å². The molecule has 1 amide bonds. The number of amides is 1. The van der Waals surface area contributed by atoms with Crippen molar-refractivity contribution in [1.82, 2.24) is 9.66 Å². The van der Waals surface area contributed by atoms with E-state index in [1.165, 1.54) is 23.0 Å². The summed E-state index contributed by atoms with van der Waals surface area (Å²) in [5.41, 5.74) is 4.11. The predicted molar refractivity (Wildman–Crippen MR) is 183 cm³/mol. The van der Waals surface area contributed by atoms with E-state index in [0.717, 1.165) is 22.4 Å². The number of carbonyl (C=O) groups is 1. The summed E-state index contributed by atoms with van der Waals surface area (Å²) in [6.45, 7) is 9.91. The maximum atomic E-state index is 13.8. The highest BCUT2D eigenvalue weighted by Crippen LogP contribution is 2.34. The van der Waals surface area contributed by atoms with Crippen molar-refractivity contribution in [3.8, 4) is 22.9 Å². The molecule has 47 heavy (non-hydrogen) atoms. The number of para-hydroxylation sites is 2. The van der Waals surface area contributed by atoms with Crippen molar-refractivity contribution in [2.45, 2.75) is 40.5 Å². The highest BCUT2D eigenvalue weighted by molar-refractivity contribution is 5.92. The van der Waals surface area contributed by atoms with Crippen LogP contribution in [-0.2, 0) is 4.79 Å². The van der Waals surface area contributed by atoms with E-state index in [0.29, 0.717) is 40.1 Å². The normalized spacial score (nSPS) is 11.3. The SMILES string of the molecule is CCOc1cc(C)c(-c2nc3ccccc3c(=O)n2N=Cc2ccc(OCC(=O)Nc3ccccc3C)c([N+](=O)[O-])c2)cc1C(C)C. The lowest BCUT2D eigenvalue weighted by Crippen LogP contribution is -2.21. The number of fused-ring (bicyclic) bond motifs is 1. The van der Waals surface area contributed by atoms with Gasteiger partial charge in [0.05, 0.1) is 28.6 Å². The van der Waals surface area contributed by atoms with E-state index in [1.54, 1.807) is 36.4 Å². The summed E-state index contributed by atoms with van der Waals surface area (Å²) in [6.07, 6.45) is 1.36. The molecule has 240 valence electrons. The maximum absolute atomic E-state index is 13.8. The molecule has 0 bridgehead atoms. The Morgan fingerprint density at radius 3 is 2.47 bits per heavy atom. The summed E-state index contributed by atoms with van der Waals surface area (Å²) >= 11 is 0. The molecule has 5 rings (SSSR count). The highest BCUT2D eigenvalue weighted by atomic mass is 16.6. The standard InChI is InChI=1S/C36H35N5O6/c1-6-46-33-17-24(5)28(19-27(33)22(2)3)35-39-30-14-10-8-12-26(30)36(43)40(35)37-20-25-15-16-32(31(18-25)41(44)45)47-21-34(42)38-29-13-9-7-11-23(29)4/h7-20,22H,6,21H2,1-5H3,(H,38,42). The first-order valence-corrected chi connectivity index (χ1v) is 15.2. The van der Waals surface area contributed by atoms with Crippen LogP contribution in [0.3, 0.4) is 0 Å². The average Bonchev–Trinajstić information content (AvgIpc) is 3.04. The van der Waals surface area contributed by atoms with Crippen molar-refractivity contribution >= 4 is 34.4 Å². The number of aromatic nitrogens is 2. The first kappa shape index (κ1) is 32.6. The van der Waals surface area contributed by atoms with Gasteiger partial charge < -0.3 is 14.8 Å². The van der Waals surface area contributed by atoms with E-state index >= 15 is 0 Å². The molecule has 0 radical (unpaired) electrons. The number of hydrogen-bond acceptors (Lipinski definition) is 8. The quantitative estimate of drug-likeness (QED) is 0.0938. The molecule has 0 aliphatic rings. The minimum absolute atomic E-state index is 0.0801. The van der Waals surface area contributed by atoms with Gasteiger partial charge in [-0.2, -0.15) is 9.78 Å². The van der Waals surface area contributed by atoms with E-state index in [4.69, 9.17) is 14.5 Å². The number of ether oxygens (including phenoxy) is 2. The zero-order valence-electron chi connectivity index (χ0n) is 26.8. The Kier molecular flexibility index (Phi) is 9.74. The molecule has 1 heterocycles. The molecule has 0 saturated carbocycles. The lowest BCUT2D eigenvalue weighted by atomic mass is 9.96. The fourth-order valence-electron chi connectivity index (χ4n) is 5.12. The van der Waals surface area contributed by atoms with Crippen molar-refractivity contribution in [3.63, 3.8) is 0 Å². The first-order chi connectivity index (χ1) is 22.6. The second-order valence-electron chi connectivity index (χ2n) is 11.2. The minimum Gasteiger partial charge on any atom is -0.494 e. The number of nitrogens with one attached hydrogen (secondary N) is 1. The van der Waals surface area contributed by atoms with Crippen LogP contribution in [0.5, 0.6) is 11.5 Å². The summed E-state index contributed by atoms with van der Waals surface area (Å²) in [4.78, 5) is 42.5. The zero-order valence-corrected chi connectivity index (χ0v) is 26.8. The van der Waals surface area contributed by atoms with Gasteiger partial charge in [-0.3, -0.25) is 19.7 Å². The van der Waals surface area contributed by atoms with Gasteiger partial charge in [-0.25, -0.2) is 4.98 Å². The van der Waals surface area contributed by atoms with Gasteiger partial charge in [0.1, 0.15) is 5.75 Å². The van der Waals surface area contributed by atoms with Crippen molar-refractivity contribution in [3.05, 3.63) is 122 Å². The smallest absolute Gasteiger partial charge is 0.311 e. The lowest BCUT2D eigenvalue weighted by Gasteiger charge is -2.18. The molecule has 0 saturated heterocycles. The lowest BCUT2D eigenvalue weighted by molar-refractivity contribution is -0.385. The van der Waals surface area contributed by atoms with Gasteiger partial charge in [-0.1, -0.05) is 44.2 Å². The monoisotopic (exact) mass is 633 g/mol. The van der Waals surface area contributed by atoms with E-state index in [-0.39, 0.29) is 17.4 Å². The first-order valence-electron chi connectivity index (χ1n) is 15.2. The van der Waals surface area contributed by atoms with Gasteiger partial charge in [-0.05, 0) is 85.8 Å². The Balaban J connectivity index is 1.51. The Bertz CT molecular complexity index is 2070. The molecule has 0 spiro atoms. The third-order valence-electron chi connectivity index (χ3n) is 7.55. The number of rotatable bonds is 11. The fraction of sp³-hybridized carbons (Fsp3) is 0.222. The molecule has 0 aliphatic carbocycles. The van der Waals surface area contributed by atoms with E-state index < -0.39 is 23.0 Å². The predicted octanol–water partition coefficient (Wildman–Crippen LogP) is 7.01. The number of hydrogen-bond donors (Lipinski definition) is 1. The van der Waals surface area contributed by atoms with E-state index in [2.05, 4.69) is 24.3 Å². The van der Waals surface area contributed by atoms with Gasteiger partial charge in [0.2, 0.25) is 0 Å². The van der Waals surface area contributed by atoms with Gasteiger partial charge in [-0.15, -0.1) is 0 Å². The summed E-state index contributed by atoms with van der Waals surface area (Å²) in [6, 6.07) is 22.4. The highest BCUT2D eigenvalue weighted by Gasteiger charge is 2.20. The van der Waals surface area contributed by atoms with Gasteiger partial charge >= 0.3 is 5.69 Å². The molecule has 1 aromatic heterocycles. The van der Waals surface area contributed by atoms with E-state index in [1.807, 2.05) is 51.1 Å². The Morgan fingerprint density at radius 2 is 1.74 bits per heavy atom. The number of nitrogens with zero attached hydrogens (tertiary/aromatic N) is 4. The van der Waals surface area contributed by atoms with Crippen molar-refractivity contribution in [1.29, 1.82) is 0 Å². The largest absolute Gasteiger partial charge is 0.494 e. The molecule has 1 N–H and O–H groups in total. The molecule has 11 heteroatoms. The van der Waals surface area contributed by atoms with Crippen LogP contribution in [-0.4, -0.2) is 39.9 Å². The molecular formula is C36H35N5O6. The van der Waals surface area contributed by atoms with Crippen LogP contribution in [0.15, 0.2) is 88.8 Å². The van der Waals surface area contributed by atoms with Crippen molar-refractivity contribution in [2.24, 2.45) is 5.10 Å². The van der Waals surface area contributed by atoms with Crippen LogP contribution in [0.2, 0.25) is 0 Å². The Hall–Kier alpha value is -5.84. The van der Waals surface area contributed by atoms with Crippen LogP contribution in [0, 0.1) is 24.0 Å². The summed E-state index contributed by atoms with van der Waals surface area (Å²) in [7, 11) is 0. The average molecular weight is 634 g/mol. The second-order valence-corrected chi connectivity index (χ2v) is 11.2. The summed E-state index contributed by atoms with van der Waals surface area (Å²) < 4.78 is 12.6. The molecule has 0 fully saturated rings. The molecule has 11 nitrogen and oxygen atoms in total. The molecular weight excluding hydrogens is 598 g/mol. The number of aryl methyl sites for hydroxylation is 2. The van der Waals surface area contributed by atoms with Crippen LogP contribution < -0.4 is 20.3 Å². The number of nitro benzene ring substituents is 1. The minimum atomic E-state index is -0.599. The molecule has 0 atom stereocenters. The Morgan fingerprint density at radius 1 is 1.00 bits per heavy atom. The maximum Gasteiger partial charge on any atom is 0.311 e. The van der Waals surface area contributed by atoms with Crippen LogP contribution in [0.25, 0.3) is 22.3 Å². The van der Waals surface area contributed by atoms with Gasteiger partial charge in [0, 0.05) is 22.9 Å². The van der Waals surface area contributed by atoms with Crippen LogP contribution in [0.4, 0.5) is 11.4 Å². The third kappa shape index (κ3) is 7.19. The molecule has 0 aliphatic heterocycles. The third-order valence-corrected chi connectivity index (χ3v) is 7.55. The van der Waals surface area contributed by atoms with Gasteiger partial charge in [0.15, 0.2) is 18.2 Å². The fourth-order valence-corrected chi connectivity index (χ4v) is 5.12. The zero-order chi connectivity index (χ0) is 33.7. The topological polar surface area (TPSA) is 138 Å². The number of benzene rings is 4. The number of nitro groups is 1. The van der Waals surface area contributed by atoms with Crippen LogP contribution >= 0.6 is 0 Å². The summed E-state index contributed by atoms with van der Waals surface area (Å²) in [5.74, 6) is 0.685.